The van der Waals surface area contributed by atoms with Crippen LogP contribution < -0.4 is 11.2 Å². The van der Waals surface area contributed by atoms with Gasteiger partial charge in [-0.2, -0.15) is 16.1 Å². The van der Waals surface area contributed by atoms with Crippen LogP contribution in [0.25, 0.3) is 10.9 Å². The molecule has 0 bridgehead atoms. The Hall–Kier alpha value is -1.58. The number of aromatic amines is 2. The van der Waals surface area contributed by atoms with Gasteiger partial charge < -0.3 is 4.98 Å². The van der Waals surface area contributed by atoms with Crippen LogP contribution in [0.1, 0.15) is 19.3 Å². The Kier molecular flexibility index (Phi) is 4.58. The molecule has 130 valence electrons. The van der Waals surface area contributed by atoms with E-state index >= 15 is 0 Å². The Bertz CT molecular complexity index is 980. The quantitative estimate of drug-likeness (QED) is 0.841. The van der Waals surface area contributed by atoms with Gasteiger partial charge in [0, 0.05) is 18.3 Å². The first-order valence-corrected chi connectivity index (χ1v) is 10.3. The van der Waals surface area contributed by atoms with Gasteiger partial charge in [-0.15, -0.1) is 0 Å². The monoisotopic (exact) mass is 369 g/mol. The number of thioether (sulfide) groups is 1. The summed E-state index contributed by atoms with van der Waals surface area (Å²) in [6.07, 6.45) is 4.71. The zero-order valence-electron chi connectivity index (χ0n) is 13.4. The van der Waals surface area contributed by atoms with Crippen molar-refractivity contribution in [1.82, 2.24) is 14.3 Å². The number of aromatic nitrogens is 2. The summed E-state index contributed by atoms with van der Waals surface area (Å²) in [6.45, 7) is 0. The summed E-state index contributed by atoms with van der Waals surface area (Å²) in [7, 11) is -2.11. The summed E-state index contributed by atoms with van der Waals surface area (Å²) in [5.41, 5.74) is -0.903. The van der Waals surface area contributed by atoms with Gasteiger partial charge in [0.05, 0.1) is 15.8 Å². The van der Waals surface area contributed by atoms with Crippen molar-refractivity contribution >= 4 is 32.7 Å². The van der Waals surface area contributed by atoms with Gasteiger partial charge >= 0.3 is 5.69 Å². The molecule has 7 nitrogen and oxygen atoms in total. The van der Waals surface area contributed by atoms with E-state index in [0.717, 1.165) is 19.3 Å². The fourth-order valence-electron chi connectivity index (χ4n) is 3.13. The maximum absolute atomic E-state index is 12.9. The average molecular weight is 369 g/mol. The van der Waals surface area contributed by atoms with Crippen molar-refractivity contribution in [2.24, 2.45) is 0 Å². The summed E-state index contributed by atoms with van der Waals surface area (Å²) in [5.74, 6) is 0. The normalized spacial score (nSPS) is 21.6. The van der Waals surface area contributed by atoms with Gasteiger partial charge in [0.2, 0.25) is 10.0 Å². The Morgan fingerprint density at radius 2 is 1.96 bits per heavy atom. The van der Waals surface area contributed by atoms with Crippen LogP contribution in [0.3, 0.4) is 0 Å². The lowest BCUT2D eigenvalue weighted by molar-refractivity contribution is 0.373. The maximum Gasteiger partial charge on any atom is 0.326 e. The van der Waals surface area contributed by atoms with E-state index in [9.17, 15) is 18.0 Å². The van der Waals surface area contributed by atoms with Gasteiger partial charge in [-0.25, -0.2) is 13.2 Å². The van der Waals surface area contributed by atoms with E-state index in [1.54, 1.807) is 18.8 Å². The number of nitrogens with zero attached hydrogens (tertiary/aromatic N) is 1. The van der Waals surface area contributed by atoms with Crippen LogP contribution in [0.15, 0.2) is 32.7 Å². The molecule has 2 atom stereocenters. The first-order chi connectivity index (χ1) is 11.3. The van der Waals surface area contributed by atoms with Crippen molar-refractivity contribution in [3.05, 3.63) is 39.0 Å². The predicted octanol–water partition coefficient (Wildman–Crippen LogP) is 1.12. The van der Waals surface area contributed by atoms with Gasteiger partial charge in [0.15, 0.2) is 0 Å². The Labute approximate surface area is 143 Å². The predicted molar refractivity (Wildman–Crippen MR) is 95.1 cm³/mol. The van der Waals surface area contributed by atoms with Crippen LogP contribution in [-0.2, 0) is 10.0 Å². The number of fused-ring (bicyclic) bond motifs is 1. The first kappa shape index (κ1) is 17.2. The van der Waals surface area contributed by atoms with Crippen molar-refractivity contribution < 1.29 is 8.42 Å². The zero-order chi connectivity index (χ0) is 17.5. The number of hydrogen-bond acceptors (Lipinski definition) is 5. The van der Waals surface area contributed by atoms with Crippen molar-refractivity contribution in [2.45, 2.75) is 35.4 Å². The zero-order valence-corrected chi connectivity index (χ0v) is 15.0. The smallest absolute Gasteiger partial charge is 0.307 e. The van der Waals surface area contributed by atoms with E-state index in [4.69, 9.17) is 0 Å². The van der Waals surface area contributed by atoms with E-state index in [-0.39, 0.29) is 16.3 Å². The lowest BCUT2D eigenvalue weighted by Crippen LogP contribution is -2.35. The molecule has 2 N–H and O–H groups in total. The number of sulfonamides is 1. The highest BCUT2D eigenvalue weighted by molar-refractivity contribution is 7.99. The highest BCUT2D eigenvalue weighted by atomic mass is 32.2. The first-order valence-electron chi connectivity index (χ1n) is 7.60. The number of H-pyrrole nitrogens is 2. The molecule has 1 fully saturated rings. The third-order valence-electron chi connectivity index (χ3n) is 4.59. The largest absolute Gasteiger partial charge is 0.326 e. The molecule has 0 radical (unpaired) electrons. The molecule has 2 aromatic rings. The molecular formula is C15H19N3O4S2. The Morgan fingerprint density at radius 1 is 1.21 bits per heavy atom. The molecule has 0 spiro atoms. The van der Waals surface area contributed by atoms with Gasteiger partial charge in [0.25, 0.3) is 5.56 Å². The summed E-state index contributed by atoms with van der Waals surface area (Å²) in [6, 6.07) is 4.16. The SMILES string of the molecule is CSC1CCC(N(C)S(=O)(=O)c2ccc3[nH]c(=O)[nH]c(=O)c3c2)C1. The van der Waals surface area contributed by atoms with E-state index < -0.39 is 21.3 Å². The second-order valence-corrected chi connectivity index (χ2v) is 9.10. The molecule has 1 heterocycles. The topological polar surface area (TPSA) is 103 Å². The van der Waals surface area contributed by atoms with Crippen molar-refractivity contribution in [1.29, 1.82) is 0 Å². The molecule has 9 heteroatoms. The Balaban J connectivity index is 1.99. The third kappa shape index (κ3) is 3.03. The number of hydrogen-bond donors (Lipinski definition) is 2. The van der Waals surface area contributed by atoms with Gasteiger partial charge in [-0.05, 0) is 43.7 Å². The number of benzene rings is 1. The van der Waals surface area contributed by atoms with Crippen LogP contribution in [0.2, 0.25) is 0 Å². The van der Waals surface area contributed by atoms with Crippen LogP contribution in [0, 0.1) is 0 Å². The standard InChI is InChI=1S/C15H19N3O4S2/c1-18(9-3-4-10(7-9)23-2)24(21,22)11-5-6-13-12(8-11)14(19)17-15(20)16-13/h5-6,8-10H,3-4,7H2,1-2H3,(H2,16,17,19,20). The third-order valence-corrected chi connectivity index (χ3v) is 7.59. The summed E-state index contributed by atoms with van der Waals surface area (Å²) in [5, 5.41) is 0.634. The molecule has 0 aliphatic heterocycles. The lowest BCUT2D eigenvalue weighted by Gasteiger charge is -2.24. The van der Waals surface area contributed by atoms with Gasteiger partial charge in [-0.3, -0.25) is 9.78 Å². The van der Waals surface area contributed by atoms with Crippen LogP contribution in [0.4, 0.5) is 0 Å². The fourth-order valence-corrected chi connectivity index (χ4v) is 5.34. The minimum atomic E-state index is -3.69. The second-order valence-electron chi connectivity index (χ2n) is 5.96. The van der Waals surface area contributed by atoms with E-state index in [2.05, 4.69) is 9.97 Å². The number of nitrogens with one attached hydrogen (secondary N) is 2. The highest BCUT2D eigenvalue weighted by Crippen LogP contribution is 2.33. The van der Waals surface area contributed by atoms with Gasteiger partial charge in [0.1, 0.15) is 0 Å². The minimum absolute atomic E-state index is 0.0305. The number of rotatable bonds is 4. The molecule has 1 aromatic heterocycles. The van der Waals surface area contributed by atoms with Crippen LogP contribution in [-0.4, -0.2) is 47.3 Å². The van der Waals surface area contributed by atoms with Crippen LogP contribution in [0.5, 0.6) is 0 Å². The van der Waals surface area contributed by atoms with Crippen molar-refractivity contribution in [3.63, 3.8) is 0 Å². The molecule has 1 saturated carbocycles. The summed E-state index contributed by atoms with van der Waals surface area (Å²) >= 11 is 1.76. The molecule has 24 heavy (non-hydrogen) atoms. The second kappa shape index (κ2) is 6.38. The molecule has 1 aliphatic carbocycles. The summed E-state index contributed by atoms with van der Waals surface area (Å²) < 4.78 is 27.1. The molecule has 3 rings (SSSR count). The molecule has 0 amide bonds. The molecule has 2 unspecified atom stereocenters. The van der Waals surface area contributed by atoms with E-state index in [0.29, 0.717) is 10.8 Å². The maximum atomic E-state index is 12.9. The summed E-state index contributed by atoms with van der Waals surface area (Å²) in [4.78, 5) is 27.8. The Morgan fingerprint density at radius 3 is 2.62 bits per heavy atom. The fraction of sp³-hybridized carbons (Fsp3) is 0.467. The van der Waals surface area contributed by atoms with Crippen molar-refractivity contribution in [2.75, 3.05) is 13.3 Å². The average Bonchev–Trinajstić information content (AvgIpc) is 3.02. The molecule has 1 aromatic carbocycles. The van der Waals surface area contributed by atoms with E-state index in [1.807, 2.05) is 6.26 Å². The molecular weight excluding hydrogens is 350 g/mol. The van der Waals surface area contributed by atoms with E-state index in [1.165, 1.54) is 22.5 Å². The minimum Gasteiger partial charge on any atom is -0.307 e. The highest BCUT2D eigenvalue weighted by Gasteiger charge is 2.34. The lowest BCUT2D eigenvalue weighted by atomic mass is 10.2. The van der Waals surface area contributed by atoms with Crippen molar-refractivity contribution in [3.8, 4) is 0 Å². The van der Waals surface area contributed by atoms with Crippen LogP contribution >= 0.6 is 11.8 Å². The molecule has 0 saturated heterocycles. The molecule has 1 aliphatic rings. The van der Waals surface area contributed by atoms with Gasteiger partial charge in [-0.1, -0.05) is 0 Å².